The van der Waals surface area contributed by atoms with E-state index in [9.17, 15) is 4.79 Å². The monoisotopic (exact) mass is 434 g/mol. The molecule has 3 aromatic heterocycles. The summed E-state index contributed by atoms with van der Waals surface area (Å²) in [6.07, 6.45) is 5.88. The van der Waals surface area contributed by atoms with Gasteiger partial charge < -0.3 is 14.5 Å². The number of nitrogens with zero attached hydrogens (tertiary/aromatic N) is 3. The number of pyridine rings is 1. The number of ether oxygens (including phenoxy) is 1. The van der Waals surface area contributed by atoms with Crippen molar-refractivity contribution < 1.29 is 13.9 Å². The van der Waals surface area contributed by atoms with Crippen LogP contribution in [0, 0.1) is 0 Å². The van der Waals surface area contributed by atoms with Crippen molar-refractivity contribution in [2.24, 2.45) is 0 Å². The van der Waals surface area contributed by atoms with Crippen molar-refractivity contribution in [3.05, 3.63) is 47.9 Å². The molecule has 4 aromatic rings. The summed E-state index contributed by atoms with van der Waals surface area (Å²) in [6.45, 7) is 1.84. The minimum Gasteiger partial charge on any atom is -0.495 e. The summed E-state index contributed by atoms with van der Waals surface area (Å²) < 4.78 is 11.4. The van der Waals surface area contributed by atoms with Crippen LogP contribution >= 0.6 is 11.8 Å². The first kappa shape index (κ1) is 19.8. The Labute approximate surface area is 183 Å². The van der Waals surface area contributed by atoms with E-state index in [0.29, 0.717) is 27.8 Å². The topological polar surface area (TPSA) is 90.1 Å². The number of thioether (sulfide) groups is 1. The lowest BCUT2D eigenvalue weighted by atomic mass is 9.95. The largest absolute Gasteiger partial charge is 0.495 e. The van der Waals surface area contributed by atoms with Crippen LogP contribution in [0.1, 0.15) is 31.0 Å². The summed E-state index contributed by atoms with van der Waals surface area (Å²) in [5.74, 6) is 0.468. The molecule has 0 radical (unpaired) electrons. The molecule has 1 aliphatic rings. The van der Waals surface area contributed by atoms with Gasteiger partial charge in [0.25, 0.3) is 0 Å². The zero-order chi connectivity index (χ0) is 21.4. The van der Waals surface area contributed by atoms with Gasteiger partial charge in [-0.1, -0.05) is 23.9 Å². The number of carbonyl (C=O) groups is 1. The van der Waals surface area contributed by atoms with Crippen LogP contribution in [-0.4, -0.2) is 33.2 Å². The summed E-state index contributed by atoms with van der Waals surface area (Å²) >= 11 is 1.34. The van der Waals surface area contributed by atoms with E-state index in [1.165, 1.54) is 30.1 Å². The Morgan fingerprint density at radius 1 is 1.23 bits per heavy atom. The molecule has 1 aromatic carbocycles. The highest BCUT2D eigenvalue weighted by Crippen LogP contribution is 2.36. The van der Waals surface area contributed by atoms with Crippen LogP contribution in [0.25, 0.3) is 22.2 Å². The van der Waals surface area contributed by atoms with Crippen molar-refractivity contribution in [2.45, 2.75) is 42.9 Å². The van der Waals surface area contributed by atoms with Gasteiger partial charge in [-0.15, -0.1) is 0 Å². The first-order valence-electron chi connectivity index (χ1n) is 10.3. The van der Waals surface area contributed by atoms with Gasteiger partial charge in [-0.3, -0.25) is 4.79 Å². The minimum atomic E-state index is -0.405. The Morgan fingerprint density at radius 2 is 2.06 bits per heavy atom. The SMILES string of the molecule is COc1ccccc1NC(=O)C(C)Sc1ncnc2c1oc1nc3c(cc12)CCCC3. The molecule has 5 rings (SSSR count). The van der Waals surface area contributed by atoms with E-state index in [4.69, 9.17) is 14.1 Å². The highest BCUT2D eigenvalue weighted by molar-refractivity contribution is 8.00. The summed E-state index contributed by atoms with van der Waals surface area (Å²) in [7, 11) is 1.58. The van der Waals surface area contributed by atoms with Gasteiger partial charge in [0.05, 0.1) is 23.4 Å². The van der Waals surface area contributed by atoms with E-state index in [1.807, 2.05) is 31.2 Å². The first-order chi connectivity index (χ1) is 15.1. The van der Waals surface area contributed by atoms with E-state index >= 15 is 0 Å². The second-order valence-electron chi connectivity index (χ2n) is 7.56. The van der Waals surface area contributed by atoms with Crippen molar-refractivity contribution in [1.29, 1.82) is 0 Å². The van der Waals surface area contributed by atoms with Crippen LogP contribution in [0.5, 0.6) is 5.75 Å². The van der Waals surface area contributed by atoms with E-state index in [1.54, 1.807) is 7.11 Å². The number of furan rings is 1. The Balaban J connectivity index is 1.44. The number of methoxy groups -OCH3 is 1. The van der Waals surface area contributed by atoms with Gasteiger partial charge in [0, 0.05) is 5.69 Å². The van der Waals surface area contributed by atoms with Crippen molar-refractivity contribution in [3.8, 4) is 5.75 Å². The molecule has 1 atom stereocenters. The van der Waals surface area contributed by atoms with Crippen LogP contribution < -0.4 is 10.1 Å². The number of para-hydroxylation sites is 2. The van der Waals surface area contributed by atoms with Gasteiger partial charge in [0.15, 0.2) is 5.58 Å². The van der Waals surface area contributed by atoms with E-state index in [2.05, 4.69) is 21.4 Å². The molecule has 3 heterocycles. The van der Waals surface area contributed by atoms with Crippen molar-refractivity contribution in [1.82, 2.24) is 15.0 Å². The molecule has 0 bridgehead atoms. The lowest BCUT2D eigenvalue weighted by Crippen LogP contribution is -2.22. The summed E-state index contributed by atoms with van der Waals surface area (Å²) in [4.78, 5) is 26.4. The predicted octanol–water partition coefficient (Wildman–Crippen LogP) is 4.78. The van der Waals surface area contributed by atoms with E-state index in [-0.39, 0.29) is 5.91 Å². The molecule has 158 valence electrons. The van der Waals surface area contributed by atoms with E-state index < -0.39 is 5.25 Å². The van der Waals surface area contributed by atoms with Crippen molar-refractivity contribution in [2.75, 3.05) is 12.4 Å². The number of rotatable bonds is 5. The Bertz CT molecular complexity index is 1290. The van der Waals surface area contributed by atoms with Gasteiger partial charge in [-0.25, -0.2) is 15.0 Å². The third-order valence-corrected chi connectivity index (χ3v) is 6.60. The van der Waals surface area contributed by atoms with Gasteiger partial charge in [-0.05, 0) is 56.4 Å². The fraction of sp³-hybridized carbons (Fsp3) is 0.304. The first-order valence-corrected chi connectivity index (χ1v) is 11.2. The summed E-state index contributed by atoms with van der Waals surface area (Å²) in [5.41, 5.74) is 4.93. The molecule has 1 unspecified atom stereocenters. The van der Waals surface area contributed by atoms with Crippen LogP contribution in [0.3, 0.4) is 0 Å². The van der Waals surface area contributed by atoms with Crippen LogP contribution in [0.4, 0.5) is 5.69 Å². The van der Waals surface area contributed by atoms with Gasteiger partial charge in [-0.2, -0.15) is 0 Å². The highest BCUT2D eigenvalue weighted by atomic mass is 32.2. The van der Waals surface area contributed by atoms with Gasteiger partial charge >= 0.3 is 0 Å². The van der Waals surface area contributed by atoms with E-state index in [0.717, 1.165) is 35.9 Å². The highest BCUT2D eigenvalue weighted by Gasteiger charge is 2.22. The number of nitrogens with one attached hydrogen (secondary N) is 1. The maximum absolute atomic E-state index is 12.8. The zero-order valence-corrected chi connectivity index (χ0v) is 18.2. The molecule has 0 spiro atoms. The smallest absolute Gasteiger partial charge is 0.237 e. The molecule has 0 aliphatic heterocycles. The Hall–Kier alpha value is -3.13. The number of aryl methyl sites for hydroxylation is 2. The molecule has 0 saturated heterocycles. The standard InChI is InChI=1S/C23H22N4O3S/c1-13(21(28)26-17-9-5-6-10-18(17)29-2)31-23-20-19(24-12-25-23)15-11-14-7-3-4-8-16(14)27-22(15)30-20/h5-6,9-13H,3-4,7-8H2,1-2H3,(H,26,28). The number of amides is 1. The third-order valence-electron chi connectivity index (χ3n) is 5.51. The molecule has 7 nitrogen and oxygen atoms in total. The second-order valence-corrected chi connectivity index (χ2v) is 8.89. The number of carbonyl (C=O) groups excluding carboxylic acids is 1. The van der Waals surface area contributed by atoms with Crippen LogP contribution in [-0.2, 0) is 17.6 Å². The third kappa shape index (κ3) is 3.72. The van der Waals surface area contributed by atoms with Gasteiger partial charge in [0.1, 0.15) is 22.6 Å². The maximum Gasteiger partial charge on any atom is 0.237 e. The second kappa shape index (κ2) is 8.19. The molecule has 0 saturated carbocycles. The number of fused-ring (bicyclic) bond motifs is 4. The normalized spacial score (nSPS) is 14.4. The molecule has 8 heteroatoms. The number of hydrogen-bond donors (Lipinski definition) is 1. The fourth-order valence-corrected chi connectivity index (χ4v) is 4.74. The number of benzene rings is 1. The Kier molecular flexibility index (Phi) is 5.23. The molecule has 1 amide bonds. The Morgan fingerprint density at radius 3 is 2.94 bits per heavy atom. The number of anilines is 1. The maximum atomic E-state index is 12.8. The summed E-state index contributed by atoms with van der Waals surface area (Å²) in [5, 5.41) is 4.05. The minimum absolute atomic E-state index is 0.147. The predicted molar refractivity (Wildman–Crippen MR) is 121 cm³/mol. The van der Waals surface area contributed by atoms with Crippen molar-refractivity contribution in [3.63, 3.8) is 0 Å². The molecular formula is C23H22N4O3S. The zero-order valence-electron chi connectivity index (χ0n) is 17.3. The molecule has 31 heavy (non-hydrogen) atoms. The number of hydrogen-bond acceptors (Lipinski definition) is 7. The summed E-state index contributed by atoms with van der Waals surface area (Å²) in [6, 6.07) is 9.48. The molecular weight excluding hydrogens is 412 g/mol. The fourth-order valence-electron chi connectivity index (χ4n) is 3.89. The molecule has 0 fully saturated rings. The van der Waals surface area contributed by atoms with Crippen LogP contribution in [0.15, 0.2) is 46.1 Å². The quantitative estimate of drug-likeness (QED) is 0.357. The average Bonchev–Trinajstić information content (AvgIpc) is 3.16. The molecule has 1 aliphatic carbocycles. The lowest BCUT2D eigenvalue weighted by molar-refractivity contribution is -0.115. The lowest BCUT2D eigenvalue weighted by Gasteiger charge is -2.13. The number of aromatic nitrogens is 3. The van der Waals surface area contributed by atoms with Crippen molar-refractivity contribution >= 4 is 45.6 Å². The molecule has 1 N–H and O–H groups in total. The van der Waals surface area contributed by atoms with Gasteiger partial charge in [0.2, 0.25) is 11.6 Å². The average molecular weight is 435 g/mol. The van der Waals surface area contributed by atoms with Crippen LogP contribution in [0.2, 0.25) is 0 Å².